The molecule has 0 saturated heterocycles. The summed E-state index contributed by atoms with van der Waals surface area (Å²) in [4.78, 5) is 23.1. The maximum Gasteiger partial charge on any atom is 0.371 e. The Morgan fingerprint density at radius 3 is 2.20 bits per heavy atom. The fourth-order valence-corrected chi connectivity index (χ4v) is 2.42. The van der Waals surface area contributed by atoms with Gasteiger partial charge in [0.2, 0.25) is 5.76 Å². The van der Waals surface area contributed by atoms with E-state index in [1.807, 2.05) is 12.1 Å². The van der Waals surface area contributed by atoms with Crippen LogP contribution in [0, 0.1) is 0 Å². The number of rotatable bonds is 5. The Kier molecular flexibility index (Phi) is 4.66. The molecule has 3 rings (SSSR count). The van der Waals surface area contributed by atoms with Gasteiger partial charge in [0.25, 0.3) is 5.91 Å². The molecular formula is C20H17NO4. The fraction of sp³-hybridized carbons (Fsp3) is 0.100. The SMILES string of the molecule is CCc1ccc(C(=O)Nc2ccc(-c3ccc(C(=O)O)o3)cc2)cc1. The van der Waals surface area contributed by atoms with E-state index in [9.17, 15) is 9.59 Å². The second kappa shape index (κ2) is 7.05. The average Bonchev–Trinajstić information content (AvgIpc) is 3.13. The van der Waals surface area contributed by atoms with Gasteiger partial charge in [0.05, 0.1) is 0 Å². The van der Waals surface area contributed by atoms with E-state index in [2.05, 4.69) is 12.2 Å². The maximum atomic E-state index is 12.3. The predicted molar refractivity (Wildman–Crippen MR) is 94.9 cm³/mol. The molecule has 0 bridgehead atoms. The number of benzene rings is 2. The molecule has 0 saturated carbocycles. The lowest BCUT2D eigenvalue weighted by Crippen LogP contribution is -2.11. The number of amides is 1. The minimum absolute atomic E-state index is 0.108. The van der Waals surface area contributed by atoms with E-state index in [0.29, 0.717) is 17.0 Å². The first-order valence-electron chi connectivity index (χ1n) is 7.90. The van der Waals surface area contributed by atoms with Crippen LogP contribution in [0.3, 0.4) is 0 Å². The van der Waals surface area contributed by atoms with Crippen LogP contribution in [-0.4, -0.2) is 17.0 Å². The zero-order valence-electron chi connectivity index (χ0n) is 13.7. The van der Waals surface area contributed by atoms with Crippen LogP contribution in [0.1, 0.15) is 33.4 Å². The molecule has 5 heteroatoms. The van der Waals surface area contributed by atoms with Gasteiger partial charge in [-0.05, 0) is 60.5 Å². The van der Waals surface area contributed by atoms with E-state index in [1.54, 1.807) is 42.5 Å². The molecule has 0 radical (unpaired) electrons. The first-order valence-corrected chi connectivity index (χ1v) is 7.90. The lowest BCUT2D eigenvalue weighted by atomic mass is 10.1. The molecule has 126 valence electrons. The highest BCUT2D eigenvalue weighted by molar-refractivity contribution is 6.04. The summed E-state index contributed by atoms with van der Waals surface area (Å²) in [6.45, 7) is 2.06. The van der Waals surface area contributed by atoms with Gasteiger partial charge in [-0.1, -0.05) is 19.1 Å². The van der Waals surface area contributed by atoms with Gasteiger partial charge in [0, 0.05) is 16.8 Å². The molecule has 0 unspecified atom stereocenters. The number of aryl methyl sites for hydroxylation is 1. The van der Waals surface area contributed by atoms with Crippen molar-refractivity contribution < 1.29 is 19.1 Å². The van der Waals surface area contributed by atoms with Crippen molar-refractivity contribution in [2.75, 3.05) is 5.32 Å². The van der Waals surface area contributed by atoms with Crippen molar-refractivity contribution in [3.8, 4) is 11.3 Å². The van der Waals surface area contributed by atoms with Crippen LogP contribution in [-0.2, 0) is 6.42 Å². The van der Waals surface area contributed by atoms with Crippen LogP contribution in [0.2, 0.25) is 0 Å². The number of nitrogens with one attached hydrogen (secondary N) is 1. The second-order valence-electron chi connectivity index (χ2n) is 5.55. The molecule has 2 aromatic carbocycles. The maximum absolute atomic E-state index is 12.3. The standard InChI is InChI=1S/C20H17NO4/c1-2-13-3-5-15(6-4-13)19(22)21-16-9-7-14(8-10-16)17-11-12-18(25-17)20(23)24/h3-12H,2H2,1H3,(H,21,22)(H,23,24). The van der Waals surface area contributed by atoms with E-state index in [4.69, 9.17) is 9.52 Å². The molecule has 0 aliphatic rings. The lowest BCUT2D eigenvalue weighted by molar-refractivity contribution is 0.0663. The molecule has 1 amide bonds. The summed E-state index contributed by atoms with van der Waals surface area (Å²) in [5, 5.41) is 11.7. The molecule has 0 fully saturated rings. The number of carbonyl (C=O) groups is 2. The summed E-state index contributed by atoms with van der Waals surface area (Å²) < 4.78 is 5.26. The monoisotopic (exact) mass is 335 g/mol. The number of hydrogen-bond donors (Lipinski definition) is 2. The number of aromatic carboxylic acids is 1. The molecule has 0 aliphatic heterocycles. The zero-order chi connectivity index (χ0) is 17.8. The summed E-state index contributed by atoms with van der Waals surface area (Å²) in [5.41, 5.74) is 3.16. The Morgan fingerprint density at radius 2 is 1.64 bits per heavy atom. The van der Waals surface area contributed by atoms with Crippen molar-refractivity contribution in [2.45, 2.75) is 13.3 Å². The number of carboxylic acids is 1. The number of carbonyl (C=O) groups excluding carboxylic acids is 1. The largest absolute Gasteiger partial charge is 0.475 e. The van der Waals surface area contributed by atoms with Crippen molar-refractivity contribution in [3.05, 3.63) is 77.6 Å². The quantitative estimate of drug-likeness (QED) is 0.721. The van der Waals surface area contributed by atoms with Gasteiger partial charge in [-0.15, -0.1) is 0 Å². The summed E-state index contributed by atoms with van der Waals surface area (Å²) in [6.07, 6.45) is 0.930. The molecule has 0 spiro atoms. The summed E-state index contributed by atoms with van der Waals surface area (Å²) in [6, 6.07) is 17.5. The van der Waals surface area contributed by atoms with E-state index >= 15 is 0 Å². The van der Waals surface area contributed by atoms with E-state index < -0.39 is 5.97 Å². The molecule has 25 heavy (non-hydrogen) atoms. The molecule has 0 atom stereocenters. The minimum atomic E-state index is -1.11. The molecular weight excluding hydrogens is 318 g/mol. The minimum Gasteiger partial charge on any atom is -0.475 e. The van der Waals surface area contributed by atoms with E-state index in [0.717, 1.165) is 12.0 Å². The Bertz CT molecular complexity index is 892. The number of furan rings is 1. The summed E-state index contributed by atoms with van der Waals surface area (Å²) in [7, 11) is 0. The third-order valence-corrected chi connectivity index (χ3v) is 3.87. The van der Waals surface area contributed by atoms with Gasteiger partial charge in [-0.3, -0.25) is 4.79 Å². The van der Waals surface area contributed by atoms with Gasteiger partial charge in [-0.25, -0.2) is 4.79 Å². The number of anilines is 1. The van der Waals surface area contributed by atoms with Crippen molar-refractivity contribution in [1.29, 1.82) is 0 Å². The van der Waals surface area contributed by atoms with E-state index in [1.165, 1.54) is 11.6 Å². The smallest absolute Gasteiger partial charge is 0.371 e. The number of carboxylic acid groups (broad SMARTS) is 1. The van der Waals surface area contributed by atoms with Gasteiger partial charge >= 0.3 is 5.97 Å². The third-order valence-electron chi connectivity index (χ3n) is 3.87. The van der Waals surface area contributed by atoms with Crippen LogP contribution in [0.15, 0.2) is 65.1 Å². The molecule has 5 nitrogen and oxygen atoms in total. The fourth-order valence-electron chi connectivity index (χ4n) is 2.42. The molecule has 1 aromatic heterocycles. The first-order chi connectivity index (χ1) is 12.1. The average molecular weight is 335 g/mol. The Hall–Kier alpha value is -3.34. The van der Waals surface area contributed by atoms with Crippen LogP contribution < -0.4 is 5.32 Å². The molecule has 0 aliphatic carbocycles. The summed E-state index contributed by atoms with van der Waals surface area (Å²) >= 11 is 0. The predicted octanol–water partition coefficient (Wildman–Crippen LogP) is 4.46. The number of hydrogen-bond acceptors (Lipinski definition) is 3. The van der Waals surface area contributed by atoms with Gasteiger partial charge < -0.3 is 14.8 Å². The second-order valence-corrected chi connectivity index (χ2v) is 5.55. The van der Waals surface area contributed by atoms with Gasteiger partial charge in [0.15, 0.2) is 0 Å². The highest BCUT2D eigenvalue weighted by Crippen LogP contribution is 2.24. The van der Waals surface area contributed by atoms with Crippen LogP contribution in [0.25, 0.3) is 11.3 Å². The van der Waals surface area contributed by atoms with Gasteiger partial charge in [0.1, 0.15) is 5.76 Å². The third kappa shape index (κ3) is 3.77. The van der Waals surface area contributed by atoms with E-state index in [-0.39, 0.29) is 11.7 Å². The normalized spacial score (nSPS) is 10.4. The molecule has 2 N–H and O–H groups in total. The van der Waals surface area contributed by atoms with Crippen molar-refractivity contribution in [1.82, 2.24) is 0 Å². The lowest BCUT2D eigenvalue weighted by Gasteiger charge is -2.06. The van der Waals surface area contributed by atoms with Crippen LogP contribution >= 0.6 is 0 Å². The van der Waals surface area contributed by atoms with Crippen LogP contribution in [0.5, 0.6) is 0 Å². The highest BCUT2D eigenvalue weighted by Gasteiger charge is 2.11. The van der Waals surface area contributed by atoms with Crippen molar-refractivity contribution >= 4 is 17.6 Å². The summed E-state index contributed by atoms with van der Waals surface area (Å²) in [5.74, 6) is -0.931. The first kappa shape index (κ1) is 16.5. The van der Waals surface area contributed by atoms with Crippen molar-refractivity contribution in [3.63, 3.8) is 0 Å². The van der Waals surface area contributed by atoms with Gasteiger partial charge in [-0.2, -0.15) is 0 Å². The van der Waals surface area contributed by atoms with Crippen molar-refractivity contribution in [2.24, 2.45) is 0 Å². The molecule has 1 heterocycles. The Labute approximate surface area is 144 Å². The van der Waals surface area contributed by atoms with Crippen LogP contribution in [0.4, 0.5) is 5.69 Å². The topological polar surface area (TPSA) is 79.5 Å². The Balaban J connectivity index is 1.71. The molecule has 3 aromatic rings. The highest BCUT2D eigenvalue weighted by atomic mass is 16.4. The Morgan fingerprint density at radius 1 is 0.960 bits per heavy atom. The zero-order valence-corrected chi connectivity index (χ0v) is 13.7.